The third kappa shape index (κ3) is 4.66. The summed E-state index contributed by atoms with van der Waals surface area (Å²) in [5.41, 5.74) is -1.22. The van der Waals surface area contributed by atoms with Crippen molar-refractivity contribution in [2.75, 3.05) is 36.1 Å². The molecule has 1 N–H and O–H groups in total. The summed E-state index contributed by atoms with van der Waals surface area (Å²) in [4.78, 5) is 39.6. The molecular formula is C20H17BrF3N3O4S. The van der Waals surface area contributed by atoms with Crippen LogP contribution in [0.1, 0.15) is 21.7 Å². The van der Waals surface area contributed by atoms with Gasteiger partial charge in [0, 0.05) is 25.2 Å². The number of nitrogens with zero attached hydrogens (tertiary/aromatic N) is 2. The standard InChI is InChI=1S/C20H17BrF3N3O4S/c21-16-4-3-15(32-16)19(30)25-11-7-17(28)27(9-11)12-1-2-14(13(8-12)20(22,23)24)26-5-6-31-10-18(26)29/h1-4,8,11H,5-7,9-10H2,(H,25,30)/t11-/m1/s1. The number of hydrogen-bond acceptors (Lipinski definition) is 5. The maximum atomic E-state index is 13.8. The molecule has 170 valence electrons. The average molecular weight is 532 g/mol. The van der Waals surface area contributed by atoms with E-state index in [2.05, 4.69) is 21.2 Å². The molecule has 4 rings (SSSR count). The fourth-order valence-corrected chi connectivity index (χ4v) is 4.96. The minimum Gasteiger partial charge on any atom is -0.370 e. The number of nitrogens with one attached hydrogen (secondary N) is 1. The summed E-state index contributed by atoms with van der Waals surface area (Å²) in [6.45, 7) is -0.0927. The van der Waals surface area contributed by atoms with Crippen LogP contribution in [-0.4, -0.2) is 50.1 Å². The minimum atomic E-state index is -4.73. The average Bonchev–Trinajstić information content (AvgIpc) is 3.33. The lowest BCUT2D eigenvalue weighted by Crippen LogP contribution is -2.42. The summed E-state index contributed by atoms with van der Waals surface area (Å²) < 4.78 is 47.2. The largest absolute Gasteiger partial charge is 0.418 e. The lowest BCUT2D eigenvalue weighted by atomic mass is 10.1. The highest BCUT2D eigenvalue weighted by Crippen LogP contribution is 2.40. The van der Waals surface area contributed by atoms with Crippen molar-refractivity contribution in [2.45, 2.75) is 18.6 Å². The first-order valence-electron chi connectivity index (χ1n) is 9.59. The Kier molecular flexibility index (Phi) is 6.28. The van der Waals surface area contributed by atoms with Gasteiger partial charge in [-0.1, -0.05) is 0 Å². The molecule has 3 amide bonds. The quantitative estimate of drug-likeness (QED) is 0.655. The Bertz CT molecular complexity index is 1070. The van der Waals surface area contributed by atoms with Crippen molar-refractivity contribution in [3.05, 3.63) is 44.6 Å². The number of carbonyl (C=O) groups is 3. The van der Waals surface area contributed by atoms with Crippen LogP contribution in [-0.2, 0) is 20.5 Å². The van der Waals surface area contributed by atoms with E-state index in [-0.39, 0.29) is 50.0 Å². The van der Waals surface area contributed by atoms with Gasteiger partial charge in [0.1, 0.15) is 6.61 Å². The summed E-state index contributed by atoms with van der Waals surface area (Å²) in [5, 5.41) is 2.75. The summed E-state index contributed by atoms with van der Waals surface area (Å²) in [5.74, 6) is -1.31. The number of morpholine rings is 1. The van der Waals surface area contributed by atoms with Crippen molar-refractivity contribution in [1.82, 2.24) is 5.32 Å². The van der Waals surface area contributed by atoms with Gasteiger partial charge in [0.15, 0.2) is 0 Å². The molecule has 12 heteroatoms. The van der Waals surface area contributed by atoms with Gasteiger partial charge in [-0.25, -0.2) is 0 Å². The zero-order chi connectivity index (χ0) is 23.0. The first-order valence-corrected chi connectivity index (χ1v) is 11.2. The highest BCUT2D eigenvalue weighted by atomic mass is 79.9. The first kappa shape index (κ1) is 22.7. The van der Waals surface area contributed by atoms with Gasteiger partial charge in [0.2, 0.25) is 5.91 Å². The minimum absolute atomic E-state index is 0.0108. The number of amides is 3. The van der Waals surface area contributed by atoms with E-state index in [4.69, 9.17) is 4.74 Å². The molecule has 1 atom stereocenters. The van der Waals surface area contributed by atoms with E-state index >= 15 is 0 Å². The second-order valence-electron chi connectivity index (χ2n) is 7.28. The molecule has 2 fully saturated rings. The Labute approximate surface area is 193 Å². The SMILES string of the molecule is O=C(N[C@@H]1CC(=O)N(c2ccc(N3CCOCC3=O)c(C(F)(F)F)c2)C1)c1ccc(Br)s1. The molecule has 1 aromatic heterocycles. The Morgan fingerprint density at radius 1 is 1.16 bits per heavy atom. The van der Waals surface area contributed by atoms with Crippen molar-refractivity contribution in [2.24, 2.45) is 0 Å². The fourth-order valence-electron chi connectivity index (χ4n) is 3.67. The zero-order valence-corrected chi connectivity index (χ0v) is 18.8. The van der Waals surface area contributed by atoms with E-state index in [0.717, 1.165) is 14.8 Å². The highest BCUT2D eigenvalue weighted by Gasteiger charge is 2.39. The predicted molar refractivity (Wildman–Crippen MR) is 115 cm³/mol. The number of benzene rings is 1. The van der Waals surface area contributed by atoms with Gasteiger partial charge in [-0.2, -0.15) is 13.2 Å². The van der Waals surface area contributed by atoms with Crippen LogP contribution in [0.4, 0.5) is 24.5 Å². The van der Waals surface area contributed by atoms with Gasteiger partial charge in [0.25, 0.3) is 11.8 Å². The molecular weight excluding hydrogens is 515 g/mol. The molecule has 1 aromatic carbocycles. The van der Waals surface area contributed by atoms with Crippen LogP contribution in [0.2, 0.25) is 0 Å². The second kappa shape index (κ2) is 8.83. The molecule has 2 aromatic rings. The third-order valence-electron chi connectivity index (χ3n) is 5.13. The van der Waals surface area contributed by atoms with Gasteiger partial charge < -0.3 is 19.9 Å². The van der Waals surface area contributed by atoms with E-state index in [1.54, 1.807) is 12.1 Å². The molecule has 2 saturated heterocycles. The maximum absolute atomic E-state index is 13.8. The first-order chi connectivity index (χ1) is 15.1. The molecule has 2 aliphatic rings. The Hall–Kier alpha value is -2.44. The fraction of sp³-hybridized carbons (Fsp3) is 0.350. The van der Waals surface area contributed by atoms with E-state index < -0.39 is 29.6 Å². The number of rotatable bonds is 4. The van der Waals surface area contributed by atoms with Crippen molar-refractivity contribution in [3.63, 3.8) is 0 Å². The van der Waals surface area contributed by atoms with Crippen LogP contribution in [0.15, 0.2) is 34.1 Å². The van der Waals surface area contributed by atoms with Gasteiger partial charge in [-0.15, -0.1) is 11.3 Å². The van der Waals surface area contributed by atoms with Crippen molar-refractivity contribution >= 4 is 56.4 Å². The van der Waals surface area contributed by atoms with Crippen molar-refractivity contribution < 1.29 is 32.3 Å². The number of anilines is 2. The molecule has 0 bridgehead atoms. The van der Waals surface area contributed by atoms with Gasteiger partial charge in [-0.05, 0) is 46.3 Å². The van der Waals surface area contributed by atoms with Crippen LogP contribution >= 0.6 is 27.3 Å². The van der Waals surface area contributed by atoms with E-state index in [9.17, 15) is 27.6 Å². The van der Waals surface area contributed by atoms with Crippen LogP contribution in [0.25, 0.3) is 0 Å². The van der Waals surface area contributed by atoms with Crippen LogP contribution in [0.3, 0.4) is 0 Å². The summed E-state index contributed by atoms with van der Waals surface area (Å²) in [6, 6.07) is 6.28. The maximum Gasteiger partial charge on any atom is 0.418 e. The molecule has 2 aliphatic heterocycles. The van der Waals surface area contributed by atoms with Crippen molar-refractivity contribution in [1.29, 1.82) is 0 Å². The van der Waals surface area contributed by atoms with Crippen LogP contribution < -0.4 is 15.1 Å². The van der Waals surface area contributed by atoms with E-state index in [1.807, 2.05) is 0 Å². The molecule has 3 heterocycles. The molecule has 0 radical (unpaired) electrons. The smallest absolute Gasteiger partial charge is 0.370 e. The normalized spacial score (nSPS) is 19.6. The van der Waals surface area contributed by atoms with Crippen LogP contribution in [0, 0.1) is 0 Å². The summed E-state index contributed by atoms with van der Waals surface area (Å²) >= 11 is 4.51. The van der Waals surface area contributed by atoms with Gasteiger partial charge >= 0.3 is 6.18 Å². The number of hydrogen-bond donors (Lipinski definition) is 1. The lowest BCUT2D eigenvalue weighted by Gasteiger charge is -2.30. The van der Waals surface area contributed by atoms with E-state index in [1.165, 1.54) is 28.4 Å². The highest BCUT2D eigenvalue weighted by molar-refractivity contribution is 9.11. The second-order valence-corrected chi connectivity index (χ2v) is 9.74. The Morgan fingerprint density at radius 3 is 2.59 bits per heavy atom. The molecule has 0 unspecified atom stereocenters. The molecule has 0 aliphatic carbocycles. The molecule has 7 nitrogen and oxygen atoms in total. The van der Waals surface area contributed by atoms with E-state index in [0.29, 0.717) is 4.88 Å². The molecule has 0 spiro atoms. The Morgan fingerprint density at radius 2 is 1.94 bits per heavy atom. The Balaban J connectivity index is 1.56. The zero-order valence-electron chi connectivity index (χ0n) is 16.4. The number of ether oxygens (including phenoxy) is 1. The summed E-state index contributed by atoms with van der Waals surface area (Å²) in [7, 11) is 0. The van der Waals surface area contributed by atoms with Gasteiger partial charge in [-0.3, -0.25) is 14.4 Å². The topological polar surface area (TPSA) is 79.0 Å². The monoisotopic (exact) mass is 531 g/mol. The number of carbonyl (C=O) groups excluding carboxylic acids is 3. The third-order valence-corrected chi connectivity index (χ3v) is 6.75. The van der Waals surface area contributed by atoms with Crippen LogP contribution in [0.5, 0.6) is 0 Å². The van der Waals surface area contributed by atoms with Gasteiger partial charge in [0.05, 0.1) is 32.6 Å². The molecule has 32 heavy (non-hydrogen) atoms. The number of halogens is 4. The lowest BCUT2D eigenvalue weighted by molar-refractivity contribution is -0.137. The summed E-state index contributed by atoms with van der Waals surface area (Å²) in [6.07, 6.45) is -4.75. The van der Waals surface area contributed by atoms with Crippen molar-refractivity contribution in [3.8, 4) is 0 Å². The number of thiophene rings is 1. The number of alkyl halides is 3. The predicted octanol–water partition coefficient (Wildman–Crippen LogP) is 3.43. The molecule has 0 saturated carbocycles.